The summed E-state index contributed by atoms with van der Waals surface area (Å²) in [6.45, 7) is 0. The average Bonchev–Trinajstić information content (AvgIpc) is 2.71. The summed E-state index contributed by atoms with van der Waals surface area (Å²) in [5.74, 6) is 1.68. The molecule has 0 aliphatic rings. The number of nitrogens with zero attached hydrogens (tertiary/aromatic N) is 3. The minimum absolute atomic E-state index is 0.839. The average molecular weight is 323 g/mol. The standard InChI is InChI=1S/C22H17N3/c1-3-10-18(11-4-1)20-14-9-16-22(24-20)25(19-12-5-2-6-13-19)21-15-7-8-17-23-21/h1-17H. The van der Waals surface area contributed by atoms with Crippen molar-refractivity contribution in [1.82, 2.24) is 9.97 Å². The molecule has 0 aliphatic carbocycles. The van der Waals surface area contributed by atoms with Gasteiger partial charge in [0.1, 0.15) is 11.6 Å². The Balaban J connectivity index is 1.83. The molecule has 0 bridgehead atoms. The highest BCUT2D eigenvalue weighted by atomic mass is 15.2. The zero-order chi connectivity index (χ0) is 16.9. The first kappa shape index (κ1) is 15.1. The van der Waals surface area contributed by atoms with Gasteiger partial charge in [0.05, 0.1) is 5.69 Å². The van der Waals surface area contributed by atoms with Crippen LogP contribution in [0, 0.1) is 0 Å². The predicted octanol–water partition coefficient (Wildman–Crippen LogP) is 5.61. The highest BCUT2D eigenvalue weighted by Gasteiger charge is 2.14. The van der Waals surface area contributed by atoms with Gasteiger partial charge in [-0.2, -0.15) is 0 Å². The molecule has 0 atom stereocenters. The van der Waals surface area contributed by atoms with E-state index in [2.05, 4.69) is 34.1 Å². The summed E-state index contributed by atoms with van der Waals surface area (Å²) in [7, 11) is 0. The van der Waals surface area contributed by atoms with Crippen molar-refractivity contribution in [3.8, 4) is 11.3 Å². The minimum Gasteiger partial charge on any atom is -0.279 e. The molecule has 0 fully saturated rings. The van der Waals surface area contributed by atoms with Crippen LogP contribution in [0.2, 0.25) is 0 Å². The molecule has 0 radical (unpaired) electrons. The predicted molar refractivity (Wildman–Crippen MR) is 102 cm³/mol. The Hall–Kier alpha value is -3.46. The fourth-order valence-corrected chi connectivity index (χ4v) is 2.76. The molecular weight excluding hydrogens is 306 g/mol. The molecule has 0 saturated heterocycles. The van der Waals surface area contributed by atoms with E-state index >= 15 is 0 Å². The van der Waals surface area contributed by atoms with Crippen molar-refractivity contribution in [3.05, 3.63) is 103 Å². The molecule has 4 aromatic rings. The number of hydrogen-bond acceptors (Lipinski definition) is 3. The number of pyridine rings is 2. The van der Waals surface area contributed by atoms with Gasteiger partial charge in [-0.25, -0.2) is 9.97 Å². The summed E-state index contributed by atoms with van der Waals surface area (Å²) in [5.41, 5.74) is 3.06. The maximum absolute atomic E-state index is 4.88. The van der Waals surface area contributed by atoms with E-state index in [0.29, 0.717) is 0 Å². The second-order valence-electron chi connectivity index (χ2n) is 5.61. The summed E-state index contributed by atoms with van der Waals surface area (Å²) in [6, 6.07) is 32.3. The van der Waals surface area contributed by atoms with Crippen LogP contribution in [0.4, 0.5) is 17.3 Å². The zero-order valence-electron chi connectivity index (χ0n) is 13.7. The Kier molecular flexibility index (Phi) is 4.21. The fourth-order valence-electron chi connectivity index (χ4n) is 2.76. The van der Waals surface area contributed by atoms with Gasteiger partial charge in [0, 0.05) is 17.4 Å². The van der Waals surface area contributed by atoms with Crippen LogP contribution in [0.5, 0.6) is 0 Å². The Morgan fingerprint density at radius 3 is 1.96 bits per heavy atom. The van der Waals surface area contributed by atoms with Crippen LogP contribution in [0.15, 0.2) is 103 Å². The van der Waals surface area contributed by atoms with Crippen LogP contribution in [0.3, 0.4) is 0 Å². The van der Waals surface area contributed by atoms with Gasteiger partial charge in [0.15, 0.2) is 0 Å². The van der Waals surface area contributed by atoms with Crippen molar-refractivity contribution in [2.24, 2.45) is 0 Å². The normalized spacial score (nSPS) is 10.4. The van der Waals surface area contributed by atoms with Gasteiger partial charge in [-0.1, -0.05) is 60.7 Å². The van der Waals surface area contributed by atoms with E-state index in [9.17, 15) is 0 Å². The molecule has 0 saturated carbocycles. The minimum atomic E-state index is 0.839. The number of para-hydroxylation sites is 1. The first-order chi connectivity index (χ1) is 12.4. The monoisotopic (exact) mass is 323 g/mol. The van der Waals surface area contributed by atoms with Crippen LogP contribution >= 0.6 is 0 Å². The summed E-state index contributed by atoms with van der Waals surface area (Å²) >= 11 is 0. The lowest BCUT2D eigenvalue weighted by molar-refractivity contribution is 1.13. The van der Waals surface area contributed by atoms with Crippen molar-refractivity contribution in [1.29, 1.82) is 0 Å². The topological polar surface area (TPSA) is 29.0 Å². The molecule has 2 heterocycles. The van der Waals surface area contributed by atoms with E-state index in [0.717, 1.165) is 28.6 Å². The largest absolute Gasteiger partial charge is 0.279 e. The lowest BCUT2D eigenvalue weighted by atomic mass is 10.1. The lowest BCUT2D eigenvalue weighted by Gasteiger charge is -2.23. The molecule has 25 heavy (non-hydrogen) atoms. The third-order valence-electron chi connectivity index (χ3n) is 3.93. The van der Waals surface area contributed by atoms with Crippen molar-refractivity contribution < 1.29 is 0 Å². The molecule has 0 N–H and O–H groups in total. The summed E-state index contributed by atoms with van der Waals surface area (Å²) < 4.78 is 0. The first-order valence-electron chi connectivity index (χ1n) is 8.20. The van der Waals surface area contributed by atoms with E-state index in [1.807, 2.05) is 72.8 Å². The molecule has 2 aromatic carbocycles. The number of anilines is 3. The Morgan fingerprint density at radius 2 is 1.24 bits per heavy atom. The van der Waals surface area contributed by atoms with Gasteiger partial charge in [-0.05, 0) is 36.4 Å². The van der Waals surface area contributed by atoms with Crippen LogP contribution < -0.4 is 4.90 Å². The smallest absolute Gasteiger partial charge is 0.139 e. The van der Waals surface area contributed by atoms with E-state index in [4.69, 9.17) is 4.98 Å². The quantitative estimate of drug-likeness (QED) is 0.488. The molecule has 2 aromatic heterocycles. The molecule has 0 amide bonds. The van der Waals surface area contributed by atoms with Gasteiger partial charge >= 0.3 is 0 Å². The highest BCUT2D eigenvalue weighted by Crippen LogP contribution is 2.32. The third kappa shape index (κ3) is 3.26. The summed E-state index contributed by atoms with van der Waals surface area (Å²) in [4.78, 5) is 11.5. The van der Waals surface area contributed by atoms with Gasteiger partial charge in [-0.15, -0.1) is 0 Å². The molecule has 0 aliphatic heterocycles. The molecule has 3 heteroatoms. The second kappa shape index (κ2) is 6.97. The fraction of sp³-hybridized carbons (Fsp3) is 0. The molecule has 3 nitrogen and oxygen atoms in total. The van der Waals surface area contributed by atoms with Crippen LogP contribution in [0.1, 0.15) is 0 Å². The number of aromatic nitrogens is 2. The lowest BCUT2D eigenvalue weighted by Crippen LogP contribution is -2.12. The zero-order valence-corrected chi connectivity index (χ0v) is 13.7. The highest BCUT2D eigenvalue weighted by molar-refractivity contribution is 5.73. The molecular formula is C22H17N3. The van der Waals surface area contributed by atoms with E-state index in [-0.39, 0.29) is 0 Å². The Bertz CT molecular complexity index is 899. The van der Waals surface area contributed by atoms with Crippen molar-refractivity contribution >= 4 is 17.3 Å². The van der Waals surface area contributed by atoms with Gasteiger partial charge in [0.25, 0.3) is 0 Å². The summed E-state index contributed by atoms with van der Waals surface area (Å²) in [5, 5.41) is 0. The van der Waals surface area contributed by atoms with E-state index in [1.54, 1.807) is 6.20 Å². The van der Waals surface area contributed by atoms with Gasteiger partial charge in [-0.3, -0.25) is 4.90 Å². The third-order valence-corrected chi connectivity index (χ3v) is 3.93. The summed E-state index contributed by atoms with van der Waals surface area (Å²) in [6.07, 6.45) is 1.80. The number of benzene rings is 2. The second-order valence-corrected chi connectivity index (χ2v) is 5.61. The maximum Gasteiger partial charge on any atom is 0.139 e. The Labute approximate surface area is 147 Å². The van der Waals surface area contributed by atoms with Gasteiger partial charge in [0.2, 0.25) is 0 Å². The van der Waals surface area contributed by atoms with Gasteiger partial charge < -0.3 is 0 Å². The SMILES string of the molecule is c1ccc(-c2cccc(N(c3ccccc3)c3ccccn3)n2)cc1. The first-order valence-corrected chi connectivity index (χ1v) is 8.20. The molecule has 4 rings (SSSR count). The van der Waals surface area contributed by atoms with Crippen molar-refractivity contribution in [2.75, 3.05) is 4.90 Å². The Morgan fingerprint density at radius 1 is 0.560 bits per heavy atom. The number of rotatable bonds is 4. The van der Waals surface area contributed by atoms with E-state index in [1.165, 1.54) is 0 Å². The maximum atomic E-state index is 4.88. The van der Waals surface area contributed by atoms with Crippen LogP contribution in [0.25, 0.3) is 11.3 Å². The van der Waals surface area contributed by atoms with Crippen LogP contribution in [-0.2, 0) is 0 Å². The van der Waals surface area contributed by atoms with Crippen LogP contribution in [-0.4, -0.2) is 9.97 Å². The number of hydrogen-bond donors (Lipinski definition) is 0. The molecule has 0 spiro atoms. The molecule has 120 valence electrons. The van der Waals surface area contributed by atoms with Crippen molar-refractivity contribution in [3.63, 3.8) is 0 Å². The molecule has 0 unspecified atom stereocenters. The van der Waals surface area contributed by atoms with E-state index < -0.39 is 0 Å². The van der Waals surface area contributed by atoms with Crippen molar-refractivity contribution in [2.45, 2.75) is 0 Å².